The SMILES string of the molecule is O=C(NC1CCC(Oc2ccc3c(c2)OCO3)CC1)c1ccn(C(F)F)n1. The molecule has 1 aromatic carbocycles. The minimum Gasteiger partial charge on any atom is -0.490 e. The average molecular weight is 379 g/mol. The van der Waals surface area contributed by atoms with Gasteiger partial charge in [0, 0.05) is 18.3 Å². The molecule has 0 atom stereocenters. The van der Waals surface area contributed by atoms with Crippen LogP contribution in [0.15, 0.2) is 30.5 Å². The van der Waals surface area contributed by atoms with Crippen molar-refractivity contribution in [1.29, 1.82) is 0 Å². The first-order valence-electron chi connectivity index (χ1n) is 8.79. The molecule has 1 aromatic heterocycles. The monoisotopic (exact) mass is 379 g/mol. The maximum Gasteiger partial charge on any atom is 0.333 e. The fourth-order valence-corrected chi connectivity index (χ4v) is 3.29. The summed E-state index contributed by atoms with van der Waals surface area (Å²) < 4.78 is 42.2. The molecule has 7 nitrogen and oxygen atoms in total. The van der Waals surface area contributed by atoms with Crippen LogP contribution in [0.3, 0.4) is 0 Å². The Morgan fingerprint density at radius 1 is 1.19 bits per heavy atom. The van der Waals surface area contributed by atoms with Gasteiger partial charge in [0.2, 0.25) is 6.79 Å². The van der Waals surface area contributed by atoms with Crippen LogP contribution in [0.5, 0.6) is 17.2 Å². The van der Waals surface area contributed by atoms with Crippen LogP contribution in [-0.4, -0.2) is 34.6 Å². The van der Waals surface area contributed by atoms with Gasteiger partial charge < -0.3 is 19.5 Å². The van der Waals surface area contributed by atoms with E-state index >= 15 is 0 Å². The number of benzene rings is 1. The molecule has 9 heteroatoms. The van der Waals surface area contributed by atoms with Gasteiger partial charge in [-0.1, -0.05) is 0 Å². The van der Waals surface area contributed by atoms with Crippen molar-refractivity contribution in [2.24, 2.45) is 0 Å². The Kier molecular flexibility index (Phi) is 4.83. The van der Waals surface area contributed by atoms with E-state index in [0.717, 1.165) is 37.6 Å². The molecule has 1 amide bonds. The normalized spacial score (nSPS) is 21.3. The summed E-state index contributed by atoms with van der Waals surface area (Å²) >= 11 is 0. The number of carbonyl (C=O) groups excluding carboxylic acids is 1. The lowest BCUT2D eigenvalue weighted by atomic mass is 9.93. The van der Waals surface area contributed by atoms with Crippen molar-refractivity contribution in [2.75, 3.05) is 6.79 Å². The predicted molar refractivity (Wildman–Crippen MR) is 90.2 cm³/mol. The molecule has 1 aliphatic heterocycles. The van der Waals surface area contributed by atoms with E-state index < -0.39 is 12.5 Å². The zero-order valence-electron chi connectivity index (χ0n) is 14.4. The number of nitrogens with zero attached hydrogens (tertiary/aromatic N) is 2. The van der Waals surface area contributed by atoms with Crippen LogP contribution in [0, 0.1) is 0 Å². The maximum absolute atomic E-state index is 12.5. The highest BCUT2D eigenvalue weighted by molar-refractivity contribution is 5.92. The highest BCUT2D eigenvalue weighted by Gasteiger charge is 2.25. The van der Waals surface area contributed by atoms with E-state index in [9.17, 15) is 13.6 Å². The third kappa shape index (κ3) is 3.96. The highest BCUT2D eigenvalue weighted by Crippen LogP contribution is 2.36. The highest BCUT2D eigenvalue weighted by atomic mass is 19.3. The van der Waals surface area contributed by atoms with Crippen molar-refractivity contribution >= 4 is 5.91 Å². The molecule has 4 rings (SSSR count). The minimum atomic E-state index is -2.75. The maximum atomic E-state index is 12.5. The zero-order valence-corrected chi connectivity index (χ0v) is 14.4. The van der Waals surface area contributed by atoms with Crippen LogP contribution >= 0.6 is 0 Å². The molecule has 144 valence electrons. The van der Waals surface area contributed by atoms with Crippen LogP contribution in [0.4, 0.5) is 8.78 Å². The van der Waals surface area contributed by atoms with Crippen molar-refractivity contribution in [3.05, 3.63) is 36.2 Å². The van der Waals surface area contributed by atoms with Crippen LogP contribution < -0.4 is 19.5 Å². The molecule has 1 aliphatic carbocycles. The van der Waals surface area contributed by atoms with Crippen LogP contribution in [0.25, 0.3) is 0 Å². The number of ether oxygens (including phenoxy) is 3. The summed E-state index contributed by atoms with van der Waals surface area (Å²) in [4.78, 5) is 12.1. The lowest BCUT2D eigenvalue weighted by Crippen LogP contribution is -2.39. The quantitative estimate of drug-likeness (QED) is 0.864. The topological polar surface area (TPSA) is 74.6 Å². The summed E-state index contributed by atoms with van der Waals surface area (Å²) in [7, 11) is 0. The second-order valence-corrected chi connectivity index (χ2v) is 6.54. The molecule has 2 aromatic rings. The Labute approximate surface area is 154 Å². The smallest absolute Gasteiger partial charge is 0.333 e. The van der Waals surface area contributed by atoms with Crippen LogP contribution in [0.1, 0.15) is 42.7 Å². The van der Waals surface area contributed by atoms with E-state index in [1.165, 1.54) is 6.07 Å². The summed E-state index contributed by atoms with van der Waals surface area (Å²) in [6.45, 7) is -2.53. The summed E-state index contributed by atoms with van der Waals surface area (Å²) in [6, 6.07) is 6.75. The number of halogens is 2. The van der Waals surface area contributed by atoms with Gasteiger partial charge in [-0.3, -0.25) is 4.79 Å². The molecule has 2 heterocycles. The van der Waals surface area contributed by atoms with E-state index in [1.807, 2.05) is 18.2 Å². The molecule has 2 aliphatic rings. The summed E-state index contributed by atoms with van der Waals surface area (Å²) in [5, 5.41) is 6.44. The first-order valence-corrected chi connectivity index (χ1v) is 8.79. The largest absolute Gasteiger partial charge is 0.490 e. The average Bonchev–Trinajstić information content (AvgIpc) is 3.32. The van der Waals surface area contributed by atoms with Gasteiger partial charge in [-0.25, -0.2) is 4.68 Å². The van der Waals surface area contributed by atoms with E-state index in [0.29, 0.717) is 16.2 Å². The van der Waals surface area contributed by atoms with Crippen LogP contribution in [0.2, 0.25) is 0 Å². The number of hydrogen-bond acceptors (Lipinski definition) is 5. The second-order valence-electron chi connectivity index (χ2n) is 6.54. The molecule has 1 N–H and O–H groups in total. The zero-order chi connectivity index (χ0) is 18.8. The van der Waals surface area contributed by atoms with Gasteiger partial charge >= 0.3 is 6.55 Å². The van der Waals surface area contributed by atoms with Gasteiger partial charge in [0.1, 0.15) is 11.4 Å². The molecule has 0 unspecified atom stereocenters. The molecule has 27 heavy (non-hydrogen) atoms. The number of aromatic nitrogens is 2. The Morgan fingerprint density at radius 2 is 1.96 bits per heavy atom. The standard InChI is InChI=1S/C18H19F2N3O4/c19-18(20)23-8-7-14(22-23)17(24)21-11-1-3-12(4-2-11)27-13-5-6-15-16(9-13)26-10-25-15/h5-9,11-12,18H,1-4,10H2,(H,21,24). The van der Waals surface area contributed by atoms with Gasteiger partial charge in [-0.05, 0) is 43.9 Å². The third-order valence-electron chi connectivity index (χ3n) is 4.70. The summed E-state index contributed by atoms with van der Waals surface area (Å²) in [6.07, 6.45) is 4.20. The fraction of sp³-hybridized carbons (Fsp3) is 0.444. The lowest BCUT2D eigenvalue weighted by Gasteiger charge is -2.29. The van der Waals surface area contributed by atoms with Crippen molar-refractivity contribution < 1.29 is 27.8 Å². The lowest BCUT2D eigenvalue weighted by molar-refractivity contribution is 0.0558. The van der Waals surface area contributed by atoms with Gasteiger partial charge in [0.15, 0.2) is 11.5 Å². The summed E-state index contributed by atoms with van der Waals surface area (Å²) in [5.41, 5.74) is -0.00552. The number of nitrogens with one attached hydrogen (secondary N) is 1. The molecule has 0 bridgehead atoms. The Bertz CT molecular complexity index is 819. The van der Waals surface area contributed by atoms with Crippen molar-refractivity contribution in [3.63, 3.8) is 0 Å². The second kappa shape index (κ2) is 7.42. The minimum absolute atomic E-state index is 0.00552. The fourth-order valence-electron chi connectivity index (χ4n) is 3.29. The van der Waals surface area contributed by atoms with Crippen LogP contribution in [-0.2, 0) is 0 Å². The van der Waals surface area contributed by atoms with E-state index in [4.69, 9.17) is 14.2 Å². The predicted octanol–water partition coefficient (Wildman–Crippen LogP) is 3.13. The number of fused-ring (bicyclic) bond motifs is 1. The van der Waals surface area contributed by atoms with Crippen molar-refractivity contribution in [3.8, 4) is 17.2 Å². The molecule has 1 saturated carbocycles. The van der Waals surface area contributed by atoms with Crippen molar-refractivity contribution in [2.45, 2.75) is 44.4 Å². The van der Waals surface area contributed by atoms with E-state index in [1.54, 1.807) is 0 Å². The molecule has 0 radical (unpaired) electrons. The molecule has 0 spiro atoms. The number of hydrogen-bond donors (Lipinski definition) is 1. The molecular formula is C18H19F2N3O4. The molecule has 1 fully saturated rings. The number of rotatable bonds is 5. The number of carbonyl (C=O) groups is 1. The van der Waals surface area contributed by atoms with E-state index in [-0.39, 0.29) is 24.6 Å². The number of amides is 1. The first kappa shape index (κ1) is 17.6. The first-order chi connectivity index (χ1) is 13.1. The van der Waals surface area contributed by atoms with Gasteiger partial charge in [0.25, 0.3) is 5.91 Å². The summed E-state index contributed by atoms with van der Waals surface area (Å²) in [5.74, 6) is 1.68. The van der Waals surface area contributed by atoms with Gasteiger partial charge in [-0.2, -0.15) is 13.9 Å². The Hall–Kier alpha value is -2.84. The Balaban J connectivity index is 1.26. The van der Waals surface area contributed by atoms with Gasteiger partial charge in [0.05, 0.1) is 6.10 Å². The molecule has 0 saturated heterocycles. The number of alkyl halides is 2. The van der Waals surface area contributed by atoms with Crippen molar-refractivity contribution in [1.82, 2.24) is 15.1 Å². The molecular weight excluding hydrogens is 360 g/mol. The Morgan fingerprint density at radius 3 is 2.70 bits per heavy atom. The van der Waals surface area contributed by atoms with E-state index in [2.05, 4.69) is 10.4 Å². The van der Waals surface area contributed by atoms with Gasteiger partial charge in [-0.15, -0.1) is 0 Å². The third-order valence-corrected chi connectivity index (χ3v) is 4.70.